The molecule has 1 aromatic rings. The van der Waals surface area contributed by atoms with E-state index in [1.807, 2.05) is 0 Å². The lowest BCUT2D eigenvalue weighted by Crippen LogP contribution is -2.27. The summed E-state index contributed by atoms with van der Waals surface area (Å²) in [5, 5.41) is 37.0. The number of benzene rings is 1. The van der Waals surface area contributed by atoms with Gasteiger partial charge in [-0.2, -0.15) is 8.78 Å². The fourth-order valence-electron chi connectivity index (χ4n) is 1.25. The highest BCUT2D eigenvalue weighted by Crippen LogP contribution is 2.27. The maximum absolute atomic E-state index is 13.2. The molecule has 7 nitrogen and oxygen atoms in total. The minimum atomic E-state index is -2.30. The quantitative estimate of drug-likeness (QED) is 0.532. The zero-order valence-corrected chi connectivity index (χ0v) is 8.58. The number of aliphatic carboxylic acids is 1. The maximum Gasteiger partial charge on any atom is 0.340 e. The number of aliphatic hydroxyl groups is 2. The molecular formula is C9H7F2NO6. The molecule has 0 saturated carbocycles. The third-order valence-corrected chi connectivity index (χ3v) is 2.12. The highest BCUT2D eigenvalue weighted by molar-refractivity contribution is 5.73. The molecule has 2 atom stereocenters. The second kappa shape index (κ2) is 5.02. The van der Waals surface area contributed by atoms with Gasteiger partial charge in [0, 0.05) is 0 Å². The molecule has 3 N–H and O–H groups in total. The predicted octanol–water partition coefficient (Wildman–Crippen LogP) is 0.352. The third kappa shape index (κ3) is 2.57. The Morgan fingerprint density at radius 3 is 2.06 bits per heavy atom. The number of halogens is 2. The molecule has 0 spiro atoms. The Labute approximate surface area is 98.1 Å². The molecule has 0 aromatic heterocycles. The second-order valence-corrected chi connectivity index (χ2v) is 3.32. The van der Waals surface area contributed by atoms with Crippen LogP contribution in [0, 0.1) is 21.7 Å². The first-order chi connectivity index (χ1) is 8.25. The normalized spacial score (nSPS) is 14.0. The molecule has 98 valence electrons. The number of nitro benzene ring substituents is 1. The van der Waals surface area contributed by atoms with Crippen LogP contribution in [0.25, 0.3) is 0 Å². The summed E-state index contributed by atoms with van der Waals surface area (Å²) in [6, 6.07) is 0.774. The van der Waals surface area contributed by atoms with Crippen LogP contribution in [-0.2, 0) is 4.79 Å². The molecule has 1 rings (SSSR count). The Kier molecular flexibility index (Phi) is 3.89. The molecule has 0 bridgehead atoms. The van der Waals surface area contributed by atoms with Crippen LogP contribution in [-0.4, -0.2) is 32.3 Å². The monoisotopic (exact) mass is 263 g/mol. The van der Waals surface area contributed by atoms with Crippen LogP contribution in [0.15, 0.2) is 12.1 Å². The van der Waals surface area contributed by atoms with Crippen LogP contribution in [0.4, 0.5) is 14.5 Å². The van der Waals surface area contributed by atoms with Gasteiger partial charge in [0.15, 0.2) is 6.10 Å². The third-order valence-electron chi connectivity index (χ3n) is 2.12. The Hall–Kier alpha value is -2.13. The summed E-state index contributed by atoms with van der Waals surface area (Å²) in [6.07, 6.45) is -4.41. The topological polar surface area (TPSA) is 121 Å². The van der Waals surface area contributed by atoms with Crippen molar-refractivity contribution in [3.05, 3.63) is 39.4 Å². The summed E-state index contributed by atoms with van der Waals surface area (Å²) >= 11 is 0. The number of carboxylic acid groups (broad SMARTS) is 1. The predicted molar refractivity (Wildman–Crippen MR) is 51.6 cm³/mol. The van der Waals surface area contributed by atoms with Crippen molar-refractivity contribution >= 4 is 11.7 Å². The van der Waals surface area contributed by atoms with Crippen LogP contribution in [0.2, 0.25) is 0 Å². The lowest BCUT2D eigenvalue weighted by Gasteiger charge is -2.14. The van der Waals surface area contributed by atoms with E-state index in [1.165, 1.54) is 0 Å². The van der Waals surface area contributed by atoms with Crippen molar-refractivity contribution in [1.29, 1.82) is 0 Å². The molecule has 9 heteroatoms. The fourth-order valence-corrected chi connectivity index (χ4v) is 1.25. The molecule has 0 radical (unpaired) electrons. The summed E-state index contributed by atoms with van der Waals surface area (Å²) in [7, 11) is 0. The number of carboxylic acids is 1. The molecule has 0 aliphatic heterocycles. The highest BCUT2D eigenvalue weighted by atomic mass is 19.1. The molecule has 0 heterocycles. The summed E-state index contributed by atoms with van der Waals surface area (Å²) in [4.78, 5) is 19.3. The van der Waals surface area contributed by atoms with Crippen LogP contribution < -0.4 is 0 Å². The number of hydrogen-bond donors (Lipinski definition) is 3. The smallest absolute Gasteiger partial charge is 0.340 e. The Morgan fingerprint density at radius 2 is 1.72 bits per heavy atom. The Morgan fingerprint density at radius 1 is 1.28 bits per heavy atom. The molecular weight excluding hydrogens is 256 g/mol. The van der Waals surface area contributed by atoms with E-state index in [-0.39, 0.29) is 0 Å². The number of carbonyl (C=O) groups is 1. The van der Waals surface area contributed by atoms with Gasteiger partial charge in [0.1, 0.15) is 6.10 Å². The van der Waals surface area contributed by atoms with Gasteiger partial charge in [0.25, 0.3) is 0 Å². The molecule has 0 aliphatic rings. The average molecular weight is 263 g/mol. The standard InChI is InChI=1S/C9H7F2NO6/c10-4-1-3(7(13)8(14)9(15)16)2-5(11)6(4)12(17)18/h1-2,7-8,13-14H,(H,15,16). The zero-order valence-electron chi connectivity index (χ0n) is 8.58. The molecule has 0 aliphatic carbocycles. The molecule has 0 fully saturated rings. The van der Waals surface area contributed by atoms with E-state index in [4.69, 9.17) is 10.2 Å². The van der Waals surface area contributed by atoms with Crippen LogP contribution >= 0.6 is 0 Å². The Bertz CT molecular complexity index is 483. The fraction of sp³-hybridized carbons (Fsp3) is 0.222. The highest BCUT2D eigenvalue weighted by Gasteiger charge is 2.29. The van der Waals surface area contributed by atoms with Crippen molar-refractivity contribution < 1.29 is 33.8 Å². The number of aliphatic hydroxyl groups excluding tert-OH is 2. The number of nitrogens with zero attached hydrogens (tertiary/aromatic N) is 1. The second-order valence-electron chi connectivity index (χ2n) is 3.32. The molecule has 18 heavy (non-hydrogen) atoms. The SMILES string of the molecule is O=C(O)C(O)C(O)c1cc(F)c([N+](=O)[O-])c(F)c1. The van der Waals surface area contributed by atoms with E-state index in [0.717, 1.165) is 0 Å². The van der Waals surface area contributed by atoms with Gasteiger partial charge in [-0.1, -0.05) is 0 Å². The number of hydrogen-bond acceptors (Lipinski definition) is 5. The van der Waals surface area contributed by atoms with Gasteiger partial charge < -0.3 is 15.3 Å². The van der Waals surface area contributed by atoms with Crippen molar-refractivity contribution in [2.75, 3.05) is 0 Å². The van der Waals surface area contributed by atoms with E-state index in [0.29, 0.717) is 12.1 Å². The van der Waals surface area contributed by atoms with Crippen LogP contribution in [0.3, 0.4) is 0 Å². The maximum atomic E-state index is 13.2. The lowest BCUT2D eigenvalue weighted by molar-refractivity contribution is -0.390. The van der Waals surface area contributed by atoms with Crippen molar-refractivity contribution in [1.82, 2.24) is 0 Å². The average Bonchev–Trinajstić information content (AvgIpc) is 2.25. The van der Waals surface area contributed by atoms with Gasteiger partial charge in [-0.15, -0.1) is 0 Å². The van der Waals surface area contributed by atoms with E-state index < -0.39 is 46.0 Å². The van der Waals surface area contributed by atoms with E-state index in [2.05, 4.69) is 0 Å². The molecule has 0 amide bonds. The van der Waals surface area contributed by atoms with E-state index >= 15 is 0 Å². The first-order valence-electron chi connectivity index (χ1n) is 4.48. The summed E-state index contributed by atoms with van der Waals surface area (Å²) in [5.74, 6) is -4.96. The van der Waals surface area contributed by atoms with Crippen molar-refractivity contribution in [3.8, 4) is 0 Å². The number of nitro groups is 1. The Balaban J connectivity index is 3.22. The molecule has 1 aromatic carbocycles. The minimum absolute atomic E-state index is 0.387. The van der Waals surface area contributed by atoms with Gasteiger partial charge in [0.05, 0.1) is 4.92 Å². The van der Waals surface area contributed by atoms with Crippen molar-refractivity contribution in [2.24, 2.45) is 0 Å². The van der Waals surface area contributed by atoms with Gasteiger partial charge in [-0.25, -0.2) is 4.79 Å². The van der Waals surface area contributed by atoms with Crippen molar-refractivity contribution in [3.63, 3.8) is 0 Å². The molecule has 0 saturated heterocycles. The van der Waals surface area contributed by atoms with Crippen LogP contribution in [0.1, 0.15) is 11.7 Å². The summed E-state index contributed by atoms with van der Waals surface area (Å²) in [5.41, 5.74) is -2.04. The first-order valence-corrected chi connectivity index (χ1v) is 4.48. The zero-order chi connectivity index (χ0) is 14.0. The molecule has 2 unspecified atom stereocenters. The van der Waals surface area contributed by atoms with E-state index in [1.54, 1.807) is 0 Å². The van der Waals surface area contributed by atoms with Crippen molar-refractivity contribution in [2.45, 2.75) is 12.2 Å². The van der Waals surface area contributed by atoms with Gasteiger partial charge in [-0.05, 0) is 17.7 Å². The summed E-state index contributed by atoms with van der Waals surface area (Å²) in [6.45, 7) is 0. The summed E-state index contributed by atoms with van der Waals surface area (Å²) < 4.78 is 26.3. The van der Waals surface area contributed by atoms with Gasteiger partial charge in [-0.3, -0.25) is 10.1 Å². The largest absolute Gasteiger partial charge is 0.479 e. The first kappa shape index (κ1) is 13.9. The minimum Gasteiger partial charge on any atom is -0.479 e. The van der Waals surface area contributed by atoms with Gasteiger partial charge >= 0.3 is 11.7 Å². The van der Waals surface area contributed by atoms with Gasteiger partial charge in [0.2, 0.25) is 11.6 Å². The van der Waals surface area contributed by atoms with E-state index in [9.17, 15) is 28.8 Å². The van der Waals surface area contributed by atoms with Crippen LogP contribution in [0.5, 0.6) is 0 Å². The lowest BCUT2D eigenvalue weighted by atomic mass is 10.0. The number of rotatable bonds is 4.